The monoisotopic (exact) mass is 380 g/mol. The molecule has 2 aromatic rings. The molecule has 0 radical (unpaired) electrons. The maximum atomic E-state index is 12.9. The summed E-state index contributed by atoms with van der Waals surface area (Å²) >= 11 is 0. The average molecular weight is 380 g/mol. The lowest BCUT2D eigenvalue weighted by atomic mass is 10.1. The number of carbonyl (C=O) groups excluding carboxylic acids is 1. The van der Waals surface area contributed by atoms with Crippen molar-refractivity contribution < 1.29 is 22.3 Å². The van der Waals surface area contributed by atoms with E-state index in [0.717, 1.165) is 16.1 Å². The van der Waals surface area contributed by atoms with Gasteiger partial charge >= 0.3 is 0 Å². The first-order valence-electron chi connectivity index (χ1n) is 7.92. The van der Waals surface area contributed by atoms with Gasteiger partial charge in [-0.2, -0.15) is 0 Å². The molecule has 0 aliphatic carbocycles. The van der Waals surface area contributed by atoms with Crippen LogP contribution in [0.2, 0.25) is 0 Å². The van der Waals surface area contributed by atoms with Gasteiger partial charge in [0.25, 0.3) is 0 Å². The zero-order valence-electron chi connectivity index (χ0n) is 14.6. The summed E-state index contributed by atoms with van der Waals surface area (Å²) in [6, 6.07) is 12.5. The fraction of sp³-hybridized carbons (Fsp3) is 0.278. The molecule has 1 amide bonds. The van der Waals surface area contributed by atoms with Gasteiger partial charge in [-0.15, -0.1) is 0 Å². The van der Waals surface area contributed by atoms with Gasteiger partial charge in [-0.1, -0.05) is 18.2 Å². The van der Waals surface area contributed by atoms with Crippen LogP contribution in [-0.4, -0.2) is 40.8 Å². The number of amides is 1. The first-order chi connectivity index (χ1) is 12.3. The number of nitrogens with one attached hydrogen (secondary N) is 1. The lowest BCUT2D eigenvalue weighted by Gasteiger charge is -2.22. The van der Waals surface area contributed by atoms with Crippen molar-refractivity contribution in [1.82, 2.24) is 5.32 Å². The van der Waals surface area contributed by atoms with Crippen LogP contribution in [-0.2, 0) is 21.2 Å². The molecule has 0 heterocycles. The molecule has 8 heteroatoms. The highest BCUT2D eigenvalue weighted by Crippen LogP contribution is 2.22. The summed E-state index contributed by atoms with van der Waals surface area (Å²) < 4.78 is 43.1. The first-order valence-corrected chi connectivity index (χ1v) is 9.77. The van der Waals surface area contributed by atoms with Crippen molar-refractivity contribution >= 4 is 21.6 Å². The Labute approximate surface area is 152 Å². The molecule has 6 nitrogen and oxygen atoms in total. The average Bonchev–Trinajstić information content (AvgIpc) is 2.60. The van der Waals surface area contributed by atoms with Gasteiger partial charge in [-0.25, -0.2) is 12.8 Å². The molecule has 140 valence electrons. The zero-order chi connectivity index (χ0) is 19.2. The topological polar surface area (TPSA) is 75.7 Å². The molecular formula is C18H21FN2O4S. The molecule has 0 saturated heterocycles. The van der Waals surface area contributed by atoms with Crippen LogP contribution in [0.1, 0.15) is 5.56 Å². The van der Waals surface area contributed by atoms with E-state index in [1.807, 2.05) is 0 Å². The second-order valence-electron chi connectivity index (χ2n) is 5.70. The number of nitrogens with zero attached hydrogens (tertiary/aromatic N) is 1. The number of halogens is 1. The van der Waals surface area contributed by atoms with E-state index in [0.29, 0.717) is 24.4 Å². The van der Waals surface area contributed by atoms with E-state index in [1.54, 1.807) is 36.4 Å². The maximum Gasteiger partial charge on any atom is 0.240 e. The molecule has 0 unspecified atom stereocenters. The van der Waals surface area contributed by atoms with Crippen molar-refractivity contribution in [3.63, 3.8) is 0 Å². The smallest absolute Gasteiger partial charge is 0.240 e. The molecule has 0 spiro atoms. The van der Waals surface area contributed by atoms with Crippen LogP contribution < -0.4 is 14.4 Å². The second-order valence-corrected chi connectivity index (χ2v) is 7.60. The molecule has 2 aromatic carbocycles. The minimum absolute atomic E-state index is 0.320. The van der Waals surface area contributed by atoms with Gasteiger partial charge in [0.15, 0.2) is 0 Å². The molecule has 1 N–H and O–H groups in total. The van der Waals surface area contributed by atoms with Crippen molar-refractivity contribution in [3.8, 4) is 5.75 Å². The van der Waals surface area contributed by atoms with Gasteiger partial charge in [0.05, 0.1) is 19.1 Å². The van der Waals surface area contributed by atoms with E-state index in [9.17, 15) is 17.6 Å². The third kappa shape index (κ3) is 5.73. The third-order valence-electron chi connectivity index (χ3n) is 3.68. The number of benzene rings is 2. The van der Waals surface area contributed by atoms with Crippen molar-refractivity contribution in [2.24, 2.45) is 0 Å². The number of ether oxygens (including phenoxy) is 1. The van der Waals surface area contributed by atoms with Crippen LogP contribution in [0.15, 0.2) is 48.5 Å². The number of hydrogen-bond acceptors (Lipinski definition) is 4. The first kappa shape index (κ1) is 19.7. The van der Waals surface area contributed by atoms with Gasteiger partial charge in [0.1, 0.15) is 18.1 Å². The molecule has 0 bridgehead atoms. The van der Waals surface area contributed by atoms with Crippen LogP contribution in [0.4, 0.5) is 10.1 Å². The summed E-state index contributed by atoms with van der Waals surface area (Å²) in [5.41, 5.74) is 1.22. The van der Waals surface area contributed by atoms with Crippen molar-refractivity contribution in [2.45, 2.75) is 6.42 Å². The highest BCUT2D eigenvalue weighted by Gasteiger charge is 2.21. The maximum absolute atomic E-state index is 12.9. The van der Waals surface area contributed by atoms with E-state index in [-0.39, 0.29) is 12.4 Å². The second kappa shape index (κ2) is 8.66. The Balaban J connectivity index is 1.99. The van der Waals surface area contributed by atoms with Crippen LogP contribution in [0.3, 0.4) is 0 Å². The van der Waals surface area contributed by atoms with E-state index in [4.69, 9.17) is 4.74 Å². The number of rotatable bonds is 8. The van der Waals surface area contributed by atoms with Crippen molar-refractivity contribution in [3.05, 3.63) is 59.9 Å². The Morgan fingerprint density at radius 3 is 2.50 bits per heavy atom. The molecular weight excluding hydrogens is 359 g/mol. The predicted octanol–water partition coefficient (Wildman–Crippen LogP) is 1.96. The highest BCUT2D eigenvalue weighted by atomic mass is 32.2. The third-order valence-corrected chi connectivity index (χ3v) is 4.82. The molecule has 26 heavy (non-hydrogen) atoms. The summed E-state index contributed by atoms with van der Waals surface area (Å²) in [7, 11) is -2.17. The molecule has 0 aliphatic heterocycles. The molecule has 0 atom stereocenters. The molecule has 2 rings (SSSR count). The SMILES string of the molecule is COc1cccc(N(CC(=O)NCCc2ccc(F)cc2)S(C)(=O)=O)c1. The van der Waals surface area contributed by atoms with E-state index < -0.39 is 15.9 Å². The zero-order valence-corrected chi connectivity index (χ0v) is 15.4. The number of anilines is 1. The van der Waals surface area contributed by atoms with E-state index in [2.05, 4.69) is 5.32 Å². The molecule has 0 fully saturated rings. The number of methoxy groups -OCH3 is 1. The summed E-state index contributed by atoms with van der Waals surface area (Å²) in [5.74, 6) is -0.256. The molecule has 0 aliphatic rings. The van der Waals surface area contributed by atoms with Gasteiger partial charge in [0, 0.05) is 12.6 Å². The number of carbonyl (C=O) groups is 1. The Morgan fingerprint density at radius 2 is 1.88 bits per heavy atom. The normalized spacial score (nSPS) is 11.0. The summed E-state index contributed by atoms with van der Waals surface area (Å²) in [5, 5.41) is 2.68. The Morgan fingerprint density at radius 1 is 1.19 bits per heavy atom. The lowest BCUT2D eigenvalue weighted by molar-refractivity contribution is -0.119. The Bertz CT molecular complexity index is 854. The fourth-order valence-corrected chi connectivity index (χ4v) is 3.20. The van der Waals surface area contributed by atoms with E-state index >= 15 is 0 Å². The van der Waals surface area contributed by atoms with E-state index in [1.165, 1.54) is 19.2 Å². The van der Waals surface area contributed by atoms with Gasteiger partial charge in [0.2, 0.25) is 15.9 Å². The highest BCUT2D eigenvalue weighted by molar-refractivity contribution is 7.92. The largest absolute Gasteiger partial charge is 0.497 e. The Hall–Kier alpha value is -2.61. The quantitative estimate of drug-likeness (QED) is 0.760. The number of hydrogen-bond donors (Lipinski definition) is 1. The summed E-state index contributed by atoms with van der Waals surface area (Å²) in [6.45, 7) is -0.0183. The standard InChI is InChI=1S/C18H21FN2O4S/c1-25-17-5-3-4-16(12-17)21(26(2,23)24)13-18(22)20-11-10-14-6-8-15(19)9-7-14/h3-9,12H,10-11,13H2,1-2H3,(H,20,22). The lowest BCUT2D eigenvalue weighted by Crippen LogP contribution is -2.40. The van der Waals surface area contributed by atoms with Crippen LogP contribution >= 0.6 is 0 Å². The fourth-order valence-electron chi connectivity index (χ4n) is 2.35. The van der Waals surface area contributed by atoms with Gasteiger partial charge in [-0.3, -0.25) is 9.10 Å². The van der Waals surface area contributed by atoms with Crippen LogP contribution in [0, 0.1) is 5.82 Å². The predicted molar refractivity (Wildman–Crippen MR) is 98.3 cm³/mol. The minimum Gasteiger partial charge on any atom is -0.497 e. The van der Waals surface area contributed by atoms with Crippen LogP contribution in [0.5, 0.6) is 5.75 Å². The summed E-state index contributed by atoms with van der Waals surface area (Å²) in [6.07, 6.45) is 1.56. The molecule has 0 aromatic heterocycles. The van der Waals surface area contributed by atoms with Gasteiger partial charge < -0.3 is 10.1 Å². The molecule has 0 saturated carbocycles. The summed E-state index contributed by atoms with van der Waals surface area (Å²) in [4.78, 5) is 12.2. The van der Waals surface area contributed by atoms with Gasteiger partial charge in [-0.05, 0) is 36.2 Å². The van der Waals surface area contributed by atoms with Crippen molar-refractivity contribution in [2.75, 3.05) is 30.8 Å². The minimum atomic E-state index is -3.64. The Kier molecular flexibility index (Phi) is 6.57. The number of sulfonamides is 1. The van der Waals surface area contributed by atoms with Crippen molar-refractivity contribution in [1.29, 1.82) is 0 Å². The van der Waals surface area contributed by atoms with Crippen LogP contribution in [0.25, 0.3) is 0 Å².